The van der Waals surface area contributed by atoms with Crippen molar-refractivity contribution in [2.24, 2.45) is 17.8 Å². The minimum atomic E-state index is -0.0389. The maximum atomic E-state index is 6.04. The van der Waals surface area contributed by atoms with E-state index in [0.29, 0.717) is 23.9 Å². The van der Waals surface area contributed by atoms with Crippen molar-refractivity contribution in [3.8, 4) is 11.8 Å². The van der Waals surface area contributed by atoms with Crippen LogP contribution in [0.5, 0.6) is 0 Å². The topological polar surface area (TPSA) is 36.9 Å². The molecule has 0 aromatic heterocycles. The van der Waals surface area contributed by atoms with Crippen LogP contribution in [0.2, 0.25) is 0 Å². The van der Waals surface area contributed by atoms with Crippen LogP contribution in [-0.2, 0) is 18.9 Å². The smallest absolute Gasteiger partial charge is 0.162 e. The standard InChI is InChI=1S/C16H22O4/c1-2-3-11-9-18-16-14(11)8-13(20-16)7-12-6-10-4-5-17-15(10)19-12/h10-16H,4-9H2,1H3. The molecule has 0 aliphatic carbocycles. The fourth-order valence-corrected chi connectivity index (χ4v) is 4.10. The van der Waals surface area contributed by atoms with Crippen LogP contribution in [-0.4, -0.2) is 38.0 Å². The van der Waals surface area contributed by atoms with E-state index in [1.807, 2.05) is 6.92 Å². The molecule has 20 heavy (non-hydrogen) atoms. The second kappa shape index (κ2) is 5.31. The number of hydrogen-bond donors (Lipinski definition) is 0. The minimum absolute atomic E-state index is 0.0389. The average molecular weight is 278 g/mol. The van der Waals surface area contributed by atoms with Crippen molar-refractivity contribution in [2.45, 2.75) is 57.4 Å². The first-order chi connectivity index (χ1) is 9.83. The van der Waals surface area contributed by atoms with E-state index in [2.05, 4.69) is 11.8 Å². The van der Waals surface area contributed by atoms with Crippen molar-refractivity contribution in [1.29, 1.82) is 0 Å². The van der Waals surface area contributed by atoms with Crippen LogP contribution >= 0.6 is 0 Å². The Labute approximate surface area is 120 Å². The molecule has 0 radical (unpaired) electrons. The minimum Gasteiger partial charge on any atom is -0.352 e. The van der Waals surface area contributed by atoms with Crippen molar-refractivity contribution in [1.82, 2.24) is 0 Å². The van der Waals surface area contributed by atoms with E-state index >= 15 is 0 Å². The fourth-order valence-electron chi connectivity index (χ4n) is 4.10. The summed E-state index contributed by atoms with van der Waals surface area (Å²) in [5, 5.41) is 0. The van der Waals surface area contributed by atoms with Gasteiger partial charge in [-0.15, -0.1) is 5.92 Å². The first-order valence-electron chi connectivity index (χ1n) is 7.80. The van der Waals surface area contributed by atoms with Crippen LogP contribution in [0.15, 0.2) is 0 Å². The Balaban J connectivity index is 1.32. The van der Waals surface area contributed by atoms with Crippen LogP contribution in [0.1, 0.15) is 32.6 Å². The van der Waals surface area contributed by atoms with Gasteiger partial charge >= 0.3 is 0 Å². The molecule has 4 fully saturated rings. The molecule has 4 heteroatoms. The van der Waals surface area contributed by atoms with Crippen LogP contribution < -0.4 is 0 Å². The van der Waals surface area contributed by atoms with Gasteiger partial charge in [0.15, 0.2) is 12.6 Å². The molecular weight excluding hydrogens is 256 g/mol. The lowest BCUT2D eigenvalue weighted by atomic mass is 9.90. The van der Waals surface area contributed by atoms with Crippen molar-refractivity contribution in [3.63, 3.8) is 0 Å². The summed E-state index contributed by atoms with van der Waals surface area (Å²) in [7, 11) is 0. The number of hydrogen-bond acceptors (Lipinski definition) is 4. The Kier molecular flexibility index (Phi) is 3.47. The molecular formula is C16H22O4. The van der Waals surface area contributed by atoms with Gasteiger partial charge in [0.1, 0.15) is 0 Å². The van der Waals surface area contributed by atoms with Crippen molar-refractivity contribution in [2.75, 3.05) is 13.2 Å². The number of fused-ring (bicyclic) bond motifs is 2. The van der Waals surface area contributed by atoms with Gasteiger partial charge in [-0.2, -0.15) is 0 Å². The zero-order chi connectivity index (χ0) is 13.5. The third-order valence-corrected chi connectivity index (χ3v) is 5.07. The van der Waals surface area contributed by atoms with Gasteiger partial charge in [-0.05, 0) is 26.2 Å². The maximum Gasteiger partial charge on any atom is 0.162 e. The van der Waals surface area contributed by atoms with Crippen molar-refractivity contribution in [3.05, 3.63) is 0 Å². The van der Waals surface area contributed by atoms with Crippen molar-refractivity contribution >= 4 is 0 Å². The highest BCUT2D eigenvalue weighted by atomic mass is 16.7. The fraction of sp³-hybridized carbons (Fsp3) is 0.875. The molecule has 0 saturated carbocycles. The summed E-state index contributed by atoms with van der Waals surface area (Å²) in [6.07, 6.45) is 4.87. The average Bonchev–Trinajstić information content (AvgIpc) is 3.12. The summed E-state index contributed by atoms with van der Waals surface area (Å²) < 4.78 is 23.3. The lowest BCUT2D eigenvalue weighted by Gasteiger charge is -2.18. The summed E-state index contributed by atoms with van der Waals surface area (Å²) in [6, 6.07) is 0. The van der Waals surface area contributed by atoms with E-state index in [1.54, 1.807) is 0 Å². The maximum absolute atomic E-state index is 6.04. The highest BCUT2D eigenvalue weighted by Crippen LogP contribution is 2.42. The lowest BCUT2D eigenvalue weighted by Crippen LogP contribution is -2.21. The molecule has 0 N–H and O–H groups in total. The van der Waals surface area contributed by atoms with Crippen LogP contribution in [0.4, 0.5) is 0 Å². The molecule has 4 nitrogen and oxygen atoms in total. The molecule has 7 unspecified atom stereocenters. The third kappa shape index (κ3) is 2.27. The molecule has 4 heterocycles. The van der Waals surface area contributed by atoms with E-state index in [-0.39, 0.29) is 18.7 Å². The largest absolute Gasteiger partial charge is 0.352 e. The van der Waals surface area contributed by atoms with Gasteiger partial charge < -0.3 is 18.9 Å². The zero-order valence-corrected chi connectivity index (χ0v) is 11.9. The summed E-state index contributed by atoms with van der Waals surface area (Å²) in [5.74, 6) is 7.67. The van der Waals surface area contributed by atoms with E-state index in [0.717, 1.165) is 38.9 Å². The second-order valence-electron chi connectivity index (χ2n) is 6.38. The first kappa shape index (κ1) is 13.1. The summed E-state index contributed by atoms with van der Waals surface area (Å²) in [4.78, 5) is 0. The molecule has 0 spiro atoms. The molecule has 4 aliphatic rings. The number of rotatable bonds is 2. The van der Waals surface area contributed by atoms with Crippen LogP contribution in [0.3, 0.4) is 0 Å². The molecule has 110 valence electrons. The van der Waals surface area contributed by atoms with E-state index in [1.165, 1.54) is 0 Å². The predicted molar refractivity (Wildman–Crippen MR) is 71.6 cm³/mol. The molecule has 0 bridgehead atoms. The summed E-state index contributed by atoms with van der Waals surface area (Å²) >= 11 is 0. The molecule has 4 saturated heterocycles. The Hall–Kier alpha value is -0.600. The van der Waals surface area contributed by atoms with E-state index in [4.69, 9.17) is 18.9 Å². The monoisotopic (exact) mass is 278 g/mol. The molecule has 0 aromatic carbocycles. The molecule has 4 aliphatic heterocycles. The third-order valence-electron chi connectivity index (χ3n) is 5.07. The number of ether oxygens (including phenoxy) is 4. The van der Waals surface area contributed by atoms with E-state index < -0.39 is 0 Å². The molecule has 0 aromatic rings. The second-order valence-corrected chi connectivity index (χ2v) is 6.38. The molecule has 4 rings (SSSR count). The Morgan fingerprint density at radius 1 is 1.05 bits per heavy atom. The Morgan fingerprint density at radius 3 is 2.75 bits per heavy atom. The Bertz CT molecular complexity index is 414. The lowest BCUT2D eigenvalue weighted by molar-refractivity contribution is -0.144. The van der Waals surface area contributed by atoms with Crippen LogP contribution in [0.25, 0.3) is 0 Å². The van der Waals surface area contributed by atoms with Gasteiger partial charge in [-0.25, -0.2) is 0 Å². The zero-order valence-electron chi connectivity index (χ0n) is 11.9. The van der Waals surface area contributed by atoms with Gasteiger partial charge in [0.25, 0.3) is 0 Å². The molecule has 0 amide bonds. The van der Waals surface area contributed by atoms with E-state index in [9.17, 15) is 0 Å². The van der Waals surface area contributed by atoms with Crippen LogP contribution in [0, 0.1) is 29.6 Å². The molecule has 7 atom stereocenters. The SMILES string of the molecule is CC#CC1COC2OC(CC3CC4CCOC4O3)CC12. The first-order valence-corrected chi connectivity index (χ1v) is 7.80. The van der Waals surface area contributed by atoms with Gasteiger partial charge in [0, 0.05) is 18.3 Å². The highest BCUT2D eigenvalue weighted by Gasteiger charge is 2.47. The Morgan fingerprint density at radius 2 is 1.90 bits per heavy atom. The normalized spacial score (nSPS) is 49.8. The summed E-state index contributed by atoms with van der Waals surface area (Å²) in [5.41, 5.74) is 0. The summed E-state index contributed by atoms with van der Waals surface area (Å²) in [6.45, 7) is 3.48. The van der Waals surface area contributed by atoms with Gasteiger partial charge in [-0.3, -0.25) is 0 Å². The van der Waals surface area contributed by atoms with Gasteiger partial charge in [0.2, 0.25) is 0 Å². The van der Waals surface area contributed by atoms with Gasteiger partial charge in [-0.1, -0.05) is 5.92 Å². The highest BCUT2D eigenvalue weighted by molar-refractivity contribution is 5.07. The van der Waals surface area contributed by atoms with Gasteiger partial charge in [0.05, 0.1) is 31.3 Å². The van der Waals surface area contributed by atoms with Crippen molar-refractivity contribution < 1.29 is 18.9 Å². The predicted octanol–water partition coefficient (Wildman–Crippen LogP) is 1.93. The quantitative estimate of drug-likeness (QED) is 0.723.